The van der Waals surface area contributed by atoms with Gasteiger partial charge in [0.1, 0.15) is 11.2 Å². The summed E-state index contributed by atoms with van der Waals surface area (Å²) in [6.07, 6.45) is 0. The topological polar surface area (TPSA) is 21.3 Å². The normalized spacial score (nSPS) is 11.5. The van der Waals surface area contributed by atoms with E-state index in [0.717, 1.165) is 61.4 Å². The summed E-state index contributed by atoms with van der Waals surface area (Å²) in [6.45, 7) is 0. The Labute approximate surface area is 330 Å². The van der Waals surface area contributed by atoms with Crippen LogP contribution >= 0.6 is 0 Å². The Kier molecular flexibility index (Phi) is 7.82. The number of para-hydroxylation sites is 5. The van der Waals surface area contributed by atoms with Crippen molar-refractivity contribution in [2.45, 2.75) is 0 Å². The zero-order valence-corrected chi connectivity index (χ0v) is 31.1. The lowest BCUT2D eigenvalue weighted by Gasteiger charge is -2.27. The predicted molar refractivity (Wildman–Crippen MR) is 239 cm³/mol. The van der Waals surface area contributed by atoms with Crippen LogP contribution in [0.15, 0.2) is 223 Å². The molecule has 0 atom stereocenters. The molecular formula is C54H36N2O. The van der Waals surface area contributed by atoms with Gasteiger partial charge in [-0.05, 0) is 82.9 Å². The van der Waals surface area contributed by atoms with Crippen LogP contribution < -0.4 is 4.90 Å². The zero-order valence-electron chi connectivity index (χ0n) is 31.1. The molecule has 9 aromatic carbocycles. The van der Waals surface area contributed by atoms with Crippen molar-refractivity contribution >= 4 is 60.8 Å². The maximum Gasteiger partial charge on any atom is 0.143 e. The van der Waals surface area contributed by atoms with E-state index >= 15 is 0 Å². The van der Waals surface area contributed by atoms with E-state index in [4.69, 9.17) is 4.42 Å². The number of anilines is 3. The molecule has 2 heterocycles. The minimum atomic E-state index is 0.904. The van der Waals surface area contributed by atoms with Crippen LogP contribution in [0.3, 0.4) is 0 Å². The Morgan fingerprint density at radius 2 is 0.860 bits per heavy atom. The van der Waals surface area contributed by atoms with Crippen LogP contribution in [0.4, 0.5) is 17.1 Å². The highest BCUT2D eigenvalue weighted by Crippen LogP contribution is 2.42. The van der Waals surface area contributed by atoms with Crippen LogP contribution in [0.1, 0.15) is 0 Å². The van der Waals surface area contributed by atoms with Crippen molar-refractivity contribution in [1.82, 2.24) is 4.57 Å². The molecule has 0 fully saturated rings. The monoisotopic (exact) mass is 728 g/mol. The Morgan fingerprint density at radius 3 is 1.60 bits per heavy atom. The molecule has 0 bridgehead atoms. The van der Waals surface area contributed by atoms with Gasteiger partial charge in [0.2, 0.25) is 0 Å². The average Bonchev–Trinajstić information content (AvgIpc) is 3.84. The van der Waals surface area contributed by atoms with Crippen LogP contribution in [0.2, 0.25) is 0 Å². The van der Waals surface area contributed by atoms with Crippen molar-refractivity contribution in [3.63, 3.8) is 0 Å². The third kappa shape index (κ3) is 5.60. The van der Waals surface area contributed by atoms with Crippen LogP contribution in [-0.4, -0.2) is 4.57 Å². The van der Waals surface area contributed by atoms with E-state index in [-0.39, 0.29) is 0 Å². The molecule has 0 N–H and O–H groups in total. The molecule has 11 aromatic rings. The highest BCUT2D eigenvalue weighted by molar-refractivity contribution is 6.10. The van der Waals surface area contributed by atoms with Gasteiger partial charge in [-0.15, -0.1) is 0 Å². The maximum atomic E-state index is 6.43. The van der Waals surface area contributed by atoms with E-state index < -0.39 is 0 Å². The van der Waals surface area contributed by atoms with Gasteiger partial charge in [-0.25, -0.2) is 0 Å². The molecule has 0 aliphatic heterocycles. The number of hydrogen-bond acceptors (Lipinski definition) is 2. The fourth-order valence-electron chi connectivity index (χ4n) is 8.55. The van der Waals surface area contributed by atoms with Gasteiger partial charge >= 0.3 is 0 Å². The van der Waals surface area contributed by atoms with Crippen LogP contribution in [0.5, 0.6) is 0 Å². The highest BCUT2D eigenvalue weighted by atomic mass is 16.3. The number of hydrogen-bond donors (Lipinski definition) is 0. The van der Waals surface area contributed by atoms with Gasteiger partial charge in [-0.2, -0.15) is 0 Å². The number of nitrogens with zero attached hydrogens (tertiary/aromatic N) is 2. The van der Waals surface area contributed by atoms with Gasteiger partial charge in [0, 0.05) is 49.7 Å². The number of benzene rings is 9. The first kappa shape index (κ1) is 32.8. The summed E-state index contributed by atoms with van der Waals surface area (Å²) in [5.41, 5.74) is 15.4. The van der Waals surface area contributed by atoms with Crippen LogP contribution in [0.25, 0.3) is 82.8 Å². The Hall–Kier alpha value is -7.62. The van der Waals surface area contributed by atoms with Gasteiger partial charge in [-0.3, -0.25) is 0 Å². The van der Waals surface area contributed by atoms with E-state index in [2.05, 4.69) is 216 Å². The van der Waals surface area contributed by atoms with Crippen molar-refractivity contribution in [3.05, 3.63) is 218 Å². The second kappa shape index (κ2) is 13.6. The molecule has 3 heteroatoms. The molecule has 2 aromatic heterocycles. The molecule has 0 radical (unpaired) electrons. The summed E-state index contributed by atoms with van der Waals surface area (Å²) in [5.74, 6) is 0. The van der Waals surface area contributed by atoms with Gasteiger partial charge in [0.05, 0.1) is 16.7 Å². The number of furan rings is 1. The molecule has 0 amide bonds. The first-order chi connectivity index (χ1) is 28.3. The smallest absolute Gasteiger partial charge is 0.143 e. The quantitative estimate of drug-likeness (QED) is 0.163. The summed E-state index contributed by atoms with van der Waals surface area (Å²) in [5, 5.41) is 4.77. The first-order valence-electron chi connectivity index (χ1n) is 19.4. The van der Waals surface area contributed by atoms with E-state index in [1.165, 1.54) is 38.5 Å². The fourth-order valence-corrected chi connectivity index (χ4v) is 8.55. The standard InChI is InChI=1S/C54H36N2O/c1-2-14-37(15-3-1)38-28-32-41(33-29-38)55(42-34-30-39(31-35-42)45-22-13-23-49-48-21-7-11-27-53(48)57-54(45)49)43-17-12-16-40(36-43)44-18-4-8-24-50(44)56-51-25-9-5-19-46(51)47-20-6-10-26-52(47)56/h1-36H. The number of fused-ring (bicyclic) bond motifs is 6. The molecule has 0 saturated carbocycles. The van der Waals surface area contributed by atoms with Gasteiger partial charge < -0.3 is 13.9 Å². The van der Waals surface area contributed by atoms with E-state index in [0.29, 0.717) is 0 Å². The summed E-state index contributed by atoms with van der Waals surface area (Å²) >= 11 is 0. The van der Waals surface area contributed by atoms with Crippen molar-refractivity contribution in [1.29, 1.82) is 0 Å². The lowest BCUT2D eigenvalue weighted by atomic mass is 10.0. The molecule has 0 aliphatic carbocycles. The van der Waals surface area contributed by atoms with E-state index in [1.807, 2.05) is 12.1 Å². The predicted octanol–water partition coefficient (Wildman–Crippen LogP) is 15.2. The van der Waals surface area contributed by atoms with Gasteiger partial charge in [0.15, 0.2) is 0 Å². The Morgan fingerprint density at radius 1 is 0.333 bits per heavy atom. The maximum absolute atomic E-state index is 6.43. The van der Waals surface area contributed by atoms with Crippen LogP contribution in [-0.2, 0) is 0 Å². The molecule has 0 aliphatic rings. The molecule has 0 unspecified atom stereocenters. The largest absolute Gasteiger partial charge is 0.455 e. The third-order valence-corrected chi connectivity index (χ3v) is 11.2. The van der Waals surface area contributed by atoms with Crippen molar-refractivity contribution < 1.29 is 4.42 Å². The average molecular weight is 729 g/mol. The summed E-state index contributed by atoms with van der Waals surface area (Å²) in [7, 11) is 0. The summed E-state index contributed by atoms with van der Waals surface area (Å²) in [6, 6.07) is 78.1. The molecule has 3 nitrogen and oxygen atoms in total. The lowest BCUT2D eigenvalue weighted by Crippen LogP contribution is -2.10. The lowest BCUT2D eigenvalue weighted by molar-refractivity contribution is 0.670. The Bertz CT molecular complexity index is 3170. The molecule has 0 saturated heterocycles. The summed E-state index contributed by atoms with van der Waals surface area (Å²) < 4.78 is 8.84. The van der Waals surface area contributed by atoms with Crippen molar-refractivity contribution in [2.75, 3.05) is 4.90 Å². The molecular weight excluding hydrogens is 693 g/mol. The van der Waals surface area contributed by atoms with E-state index in [1.54, 1.807) is 0 Å². The molecule has 11 rings (SSSR count). The fraction of sp³-hybridized carbons (Fsp3) is 0. The van der Waals surface area contributed by atoms with E-state index in [9.17, 15) is 0 Å². The zero-order chi connectivity index (χ0) is 37.7. The molecule has 268 valence electrons. The first-order valence-corrected chi connectivity index (χ1v) is 19.4. The highest BCUT2D eigenvalue weighted by Gasteiger charge is 2.19. The Balaban J connectivity index is 1.04. The van der Waals surface area contributed by atoms with Crippen molar-refractivity contribution in [3.8, 4) is 39.1 Å². The van der Waals surface area contributed by atoms with Gasteiger partial charge in [-0.1, -0.05) is 158 Å². The summed E-state index contributed by atoms with van der Waals surface area (Å²) in [4.78, 5) is 2.35. The minimum absolute atomic E-state index is 0.904. The molecule has 57 heavy (non-hydrogen) atoms. The van der Waals surface area contributed by atoms with Gasteiger partial charge in [0.25, 0.3) is 0 Å². The minimum Gasteiger partial charge on any atom is -0.455 e. The second-order valence-electron chi connectivity index (χ2n) is 14.5. The SMILES string of the molecule is c1ccc(-c2ccc(N(c3ccc(-c4cccc5c4oc4ccccc45)cc3)c3cccc(-c4ccccc4-n4c5ccccc5c5ccccc54)c3)cc2)cc1. The second-order valence-corrected chi connectivity index (χ2v) is 14.5. The van der Waals surface area contributed by atoms with Crippen molar-refractivity contribution in [2.24, 2.45) is 0 Å². The third-order valence-electron chi connectivity index (χ3n) is 11.2. The van der Waals surface area contributed by atoms with Crippen LogP contribution in [0, 0.1) is 0 Å². The number of aromatic nitrogens is 1. The number of rotatable bonds is 7. The molecule has 0 spiro atoms.